The summed E-state index contributed by atoms with van der Waals surface area (Å²) in [5, 5.41) is 8.24. The highest BCUT2D eigenvalue weighted by Crippen LogP contribution is 2.34. The molecular formula is C37H49N5O7. The van der Waals surface area contributed by atoms with Crippen molar-refractivity contribution in [3.8, 4) is 5.75 Å². The minimum Gasteiger partial charge on any atom is -0.488 e. The average Bonchev–Trinajstić information content (AvgIpc) is 3.74. The van der Waals surface area contributed by atoms with Gasteiger partial charge >= 0.3 is 6.03 Å². The van der Waals surface area contributed by atoms with Crippen LogP contribution in [-0.4, -0.2) is 70.9 Å². The van der Waals surface area contributed by atoms with E-state index in [1.54, 1.807) is 45.0 Å². The number of rotatable bonds is 15. The van der Waals surface area contributed by atoms with Gasteiger partial charge in [0.25, 0.3) is 5.91 Å². The standard InChI is InChI=1S/C37H49N5O7/c1-22(2)29(30(43)25-14-9-10-16-28(25)49-21-24-12-7-6-8-13-24)40-36(48)41-32(37(3,4)5)35(47)42-19-11-15-27(42)34(46)39-26(20-23-17-18-23)31(44)33(38)45/h6-10,12-14,16,22-23,26-27,29,32H,11,15,17-21H2,1-5H3,(H2,38,45)(H,39,46)(H2,40,41,48). The Balaban J connectivity index is 1.46. The number of nitrogens with one attached hydrogen (secondary N) is 3. The molecule has 49 heavy (non-hydrogen) atoms. The zero-order valence-electron chi connectivity index (χ0n) is 29.0. The molecule has 4 unspecified atom stereocenters. The van der Waals surface area contributed by atoms with Crippen molar-refractivity contribution in [1.29, 1.82) is 0 Å². The number of hydrogen-bond donors (Lipinski definition) is 4. The van der Waals surface area contributed by atoms with Crippen LogP contribution in [0.25, 0.3) is 0 Å². The van der Waals surface area contributed by atoms with E-state index in [-0.39, 0.29) is 30.8 Å². The van der Waals surface area contributed by atoms with E-state index >= 15 is 0 Å². The minimum absolute atomic E-state index is 0.236. The van der Waals surface area contributed by atoms with Gasteiger partial charge in [0, 0.05) is 6.54 Å². The monoisotopic (exact) mass is 675 g/mol. The Hall–Kier alpha value is -4.74. The summed E-state index contributed by atoms with van der Waals surface area (Å²) in [7, 11) is 0. The Morgan fingerprint density at radius 1 is 0.898 bits per heavy atom. The Bertz CT molecular complexity index is 1530. The Morgan fingerprint density at radius 3 is 2.16 bits per heavy atom. The highest BCUT2D eigenvalue weighted by Gasteiger charge is 2.43. The van der Waals surface area contributed by atoms with E-state index < -0.39 is 59.1 Å². The summed E-state index contributed by atoms with van der Waals surface area (Å²) in [6.07, 6.45) is 3.03. The van der Waals surface area contributed by atoms with Gasteiger partial charge in [0.2, 0.25) is 17.6 Å². The van der Waals surface area contributed by atoms with Gasteiger partial charge in [-0.05, 0) is 54.2 Å². The van der Waals surface area contributed by atoms with Gasteiger partial charge in [0.15, 0.2) is 5.78 Å². The maximum absolute atomic E-state index is 14.0. The van der Waals surface area contributed by atoms with E-state index in [0.717, 1.165) is 18.4 Å². The molecule has 0 radical (unpaired) electrons. The maximum Gasteiger partial charge on any atom is 0.316 e. The molecule has 4 rings (SSSR count). The molecule has 0 bridgehead atoms. The summed E-state index contributed by atoms with van der Waals surface area (Å²) < 4.78 is 6.00. The molecule has 1 aliphatic carbocycles. The number of benzene rings is 2. The van der Waals surface area contributed by atoms with E-state index in [2.05, 4.69) is 16.0 Å². The Kier molecular flexibility index (Phi) is 12.2. The minimum atomic E-state index is -1.12. The van der Waals surface area contributed by atoms with Crippen LogP contribution in [0.1, 0.15) is 82.6 Å². The number of likely N-dealkylation sites (tertiary alicyclic amines) is 1. The largest absolute Gasteiger partial charge is 0.488 e. The molecule has 2 fully saturated rings. The number of hydrogen-bond acceptors (Lipinski definition) is 7. The van der Waals surface area contributed by atoms with Crippen LogP contribution >= 0.6 is 0 Å². The van der Waals surface area contributed by atoms with Crippen molar-refractivity contribution >= 4 is 35.3 Å². The maximum atomic E-state index is 14.0. The molecule has 0 spiro atoms. The number of nitrogens with two attached hydrogens (primary N) is 1. The normalized spacial score (nSPS) is 17.8. The smallest absolute Gasteiger partial charge is 0.316 e. The number of ketones is 2. The molecule has 2 aromatic carbocycles. The molecular weight excluding hydrogens is 626 g/mol. The second-order valence-corrected chi connectivity index (χ2v) is 14.4. The third kappa shape index (κ3) is 9.90. The SMILES string of the molecule is CC(C)C(NC(=O)NC(C(=O)N1CCCC1C(=O)NC(CC1CC1)C(=O)C(N)=O)C(C)(C)C)C(=O)c1ccccc1OCc1ccccc1. The lowest BCUT2D eigenvalue weighted by Crippen LogP contribution is -2.61. The van der Waals surface area contributed by atoms with Crippen LogP contribution in [0.15, 0.2) is 54.6 Å². The van der Waals surface area contributed by atoms with Gasteiger partial charge in [-0.3, -0.25) is 24.0 Å². The summed E-state index contributed by atoms with van der Waals surface area (Å²) in [6.45, 7) is 9.55. The first-order chi connectivity index (χ1) is 23.2. The van der Waals surface area contributed by atoms with E-state index in [1.165, 1.54) is 4.90 Å². The zero-order chi connectivity index (χ0) is 35.9. The van der Waals surface area contributed by atoms with Gasteiger partial charge in [-0.2, -0.15) is 0 Å². The topological polar surface area (TPSA) is 177 Å². The van der Waals surface area contributed by atoms with Crippen molar-refractivity contribution in [3.63, 3.8) is 0 Å². The van der Waals surface area contributed by atoms with Crippen molar-refractivity contribution in [1.82, 2.24) is 20.9 Å². The van der Waals surface area contributed by atoms with Crippen molar-refractivity contribution in [3.05, 3.63) is 65.7 Å². The van der Waals surface area contributed by atoms with Crippen molar-refractivity contribution < 1.29 is 33.5 Å². The van der Waals surface area contributed by atoms with E-state index in [1.807, 2.05) is 44.2 Å². The second kappa shape index (κ2) is 16.1. The third-order valence-corrected chi connectivity index (χ3v) is 8.99. The van der Waals surface area contributed by atoms with Crippen LogP contribution in [0.5, 0.6) is 5.75 Å². The zero-order valence-corrected chi connectivity index (χ0v) is 29.0. The van der Waals surface area contributed by atoms with Crippen LogP contribution in [0.2, 0.25) is 0 Å². The highest BCUT2D eigenvalue weighted by molar-refractivity contribution is 6.37. The summed E-state index contributed by atoms with van der Waals surface area (Å²) in [4.78, 5) is 80.4. The van der Waals surface area contributed by atoms with E-state index in [4.69, 9.17) is 10.5 Å². The fourth-order valence-corrected chi connectivity index (χ4v) is 6.02. The van der Waals surface area contributed by atoms with E-state index in [9.17, 15) is 28.8 Å². The molecule has 5 N–H and O–H groups in total. The Labute approximate surface area is 287 Å². The third-order valence-electron chi connectivity index (χ3n) is 8.99. The number of primary amides is 1. The lowest BCUT2D eigenvalue weighted by Gasteiger charge is -2.36. The van der Waals surface area contributed by atoms with Gasteiger partial charge in [-0.15, -0.1) is 0 Å². The number of Topliss-reactive ketones (excluding diaryl/α,β-unsaturated/α-hetero) is 2. The summed E-state index contributed by atoms with van der Waals surface area (Å²) in [5.74, 6) is -3.00. The number of urea groups is 1. The molecule has 5 amide bonds. The van der Waals surface area contributed by atoms with Crippen LogP contribution in [0.3, 0.4) is 0 Å². The van der Waals surface area contributed by atoms with Crippen molar-refractivity contribution in [2.24, 2.45) is 23.0 Å². The van der Waals surface area contributed by atoms with Crippen LogP contribution in [0.4, 0.5) is 4.79 Å². The number of carbonyl (C=O) groups is 6. The first-order valence-electron chi connectivity index (χ1n) is 17.0. The van der Waals surface area contributed by atoms with E-state index in [0.29, 0.717) is 30.6 Å². The van der Waals surface area contributed by atoms with Gasteiger partial charge < -0.3 is 31.3 Å². The molecule has 2 aliphatic rings. The number of ether oxygens (including phenoxy) is 1. The second-order valence-electron chi connectivity index (χ2n) is 14.4. The molecule has 2 aromatic rings. The molecule has 12 nitrogen and oxygen atoms in total. The van der Waals surface area contributed by atoms with Crippen molar-refractivity contribution in [2.45, 2.75) is 97.5 Å². The lowest BCUT2D eigenvalue weighted by molar-refractivity contribution is -0.143. The molecule has 0 aromatic heterocycles. The first-order valence-corrected chi connectivity index (χ1v) is 17.0. The lowest BCUT2D eigenvalue weighted by atomic mass is 9.85. The average molecular weight is 676 g/mol. The molecule has 264 valence electrons. The summed E-state index contributed by atoms with van der Waals surface area (Å²) >= 11 is 0. The summed E-state index contributed by atoms with van der Waals surface area (Å²) in [5.41, 5.74) is 5.73. The predicted molar refractivity (Wildman–Crippen MR) is 183 cm³/mol. The van der Waals surface area contributed by atoms with Gasteiger partial charge in [-0.25, -0.2) is 4.79 Å². The van der Waals surface area contributed by atoms with Gasteiger partial charge in [0.1, 0.15) is 24.4 Å². The molecule has 12 heteroatoms. The molecule has 1 heterocycles. The number of nitrogens with zero attached hydrogens (tertiary/aromatic N) is 1. The number of para-hydroxylation sites is 1. The fraction of sp³-hybridized carbons (Fsp3) is 0.514. The molecule has 4 atom stereocenters. The quantitative estimate of drug-likeness (QED) is 0.165. The van der Waals surface area contributed by atoms with Gasteiger partial charge in [0.05, 0.1) is 17.6 Å². The summed E-state index contributed by atoms with van der Waals surface area (Å²) in [6, 6.07) is 11.8. The predicted octanol–water partition coefficient (Wildman–Crippen LogP) is 3.52. The van der Waals surface area contributed by atoms with Crippen LogP contribution in [-0.2, 0) is 25.8 Å². The fourth-order valence-electron chi connectivity index (χ4n) is 6.02. The highest BCUT2D eigenvalue weighted by atomic mass is 16.5. The first kappa shape index (κ1) is 37.1. The van der Waals surface area contributed by atoms with Crippen molar-refractivity contribution in [2.75, 3.05) is 6.54 Å². The molecule has 1 saturated heterocycles. The van der Waals surface area contributed by atoms with Crippen LogP contribution < -0.4 is 26.4 Å². The van der Waals surface area contributed by atoms with Gasteiger partial charge in [-0.1, -0.05) is 89.9 Å². The number of amides is 5. The molecule has 1 aliphatic heterocycles. The van der Waals surface area contributed by atoms with Crippen LogP contribution in [0, 0.1) is 17.3 Å². The Morgan fingerprint density at radius 2 is 1.55 bits per heavy atom. The molecule has 1 saturated carbocycles. The number of carbonyl (C=O) groups excluding carboxylic acids is 6.